The number of unbranched alkanes of at least 4 members (excludes halogenated alkanes) is 1. The molecule has 9 heteroatoms. The first-order valence-electron chi connectivity index (χ1n) is 17.0. The van der Waals surface area contributed by atoms with E-state index in [4.69, 9.17) is 4.74 Å². The first kappa shape index (κ1) is 34.5. The number of carbonyl (C=O) groups excluding carboxylic acids is 2. The van der Waals surface area contributed by atoms with E-state index in [1.165, 1.54) is 6.07 Å². The first-order valence-corrected chi connectivity index (χ1v) is 17.0. The Labute approximate surface area is 278 Å². The number of amides is 1. The Balaban J connectivity index is 1.27. The molecule has 47 heavy (non-hydrogen) atoms. The number of phenols is 1. The summed E-state index contributed by atoms with van der Waals surface area (Å²) >= 11 is 0. The van der Waals surface area contributed by atoms with Gasteiger partial charge in [-0.1, -0.05) is 36.4 Å². The molecule has 3 aromatic rings. The second-order valence-electron chi connectivity index (χ2n) is 13.0. The van der Waals surface area contributed by atoms with Crippen molar-refractivity contribution < 1.29 is 23.8 Å². The van der Waals surface area contributed by atoms with E-state index in [0.29, 0.717) is 38.2 Å². The molecule has 3 atom stereocenters. The zero-order chi connectivity index (χ0) is 33.3. The minimum Gasteiger partial charge on any atom is -0.508 e. The molecule has 2 heterocycles. The van der Waals surface area contributed by atoms with E-state index in [9.17, 15) is 19.1 Å². The van der Waals surface area contributed by atoms with Crippen molar-refractivity contribution in [1.29, 1.82) is 0 Å². The predicted octanol–water partition coefficient (Wildman–Crippen LogP) is 5.71. The molecule has 2 fully saturated rings. The second-order valence-corrected chi connectivity index (χ2v) is 13.0. The Bertz CT molecular complexity index is 1490. The fourth-order valence-corrected chi connectivity index (χ4v) is 6.98. The van der Waals surface area contributed by atoms with Crippen molar-refractivity contribution in [3.05, 3.63) is 101 Å². The molecule has 8 nitrogen and oxygen atoms in total. The van der Waals surface area contributed by atoms with Gasteiger partial charge < -0.3 is 14.7 Å². The van der Waals surface area contributed by atoms with Gasteiger partial charge in [-0.2, -0.15) is 0 Å². The molecule has 1 unspecified atom stereocenters. The lowest BCUT2D eigenvalue weighted by Gasteiger charge is -2.47. The van der Waals surface area contributed by atoms with Crippen LogP contribution in [0.5, 0.6) is 5.75 Å². The third kappa shape index (κ3) is 9.18. The number of hydrogen-bond donors (Lipinski definition) is 1. The van der Waals surface area contributed by atoms with Gasteiger partial charge in [-0.25, -0.2) is 4.39 Å². The van der Waals surface area contributed by atoms with Crippen molar-refractivity contribution in [3.8, 4) is 5.75 Å². The summed E-state index contributed by atoms with van der Waals surface area (Å²) in [6.45, 7) is 12.8. The smallest absolute Gasteiger partial charge is 0.305 e. The van der Waals surface area contributed by atoms with Gasteiger partial charge in [-0.15, -0.1) is 0 Å². The molecule has 0 aliphatic carbocycles. The normalized spacial score (nSPS) is 20.2. The maximum atomic E-state index is 13.9. The molecular formula is C38H49FN4O4. The van der Waals surface area contributed by atoms with Crippen LogP contribution in [0.1, 0.15) is 73.1 Å². The number of piperazine rings is 2. The Hall–Kier alpha value is -3.79. The largest absolute Gasteiger partial charge is 0.508 e. The molecule has 3 aromatic carbocycles. The number of benzene rings is 3. The summed E-state index contributed by atoms with van der Waals surface area (Å²) in [5.41, 5.74) is 3.62. The molecule has 0 bridgehead atoms. The van der Waals surface area contributed by atoms with E-state index in [0.717, 1.165) is 62.3 Å². The molecule has 0 saturated carbocycles. The van der Waals surface area contributed by atoms with Gasteiger partial charge in [0.25, 0.3) is 5.91 Å². The van der Waals surface area contributed by atoms with Gasteiger partial charge in [0.05, 0.1) is 12.6 Å². The highest BCUT2D eigenvalue weighted by atomic mass is 19.1. The van der Waals surface area contributed by atoms with E-state index >= 15 is 0 Å². The maximum Gasteiger partial charge on any atom is 0.305 e. The number of phenolic OH excluding ortho intramolecular Hbond substituents is 1. The van der Waals surface area contributed by atoms with Crippen molar-refractivity contribution in [1.82, 2.24) is 19.6 Å². The first-order chi connectivity index (χ1) is 22.7. The van der Waals surface area contributed by atoms with Crippen molar-refractivity contribution in [2.75, 3.05) is 52.4 Å². The van der Waals surface area contributed by atoms with Crippen LogP contribution >= 0.6 is 0 Å². The average molecular weight is 645 g/mol. The van der Waals surface area contributed by atoms with Crippen molar-refractivity contribution in [3.63, 3.8) is 0 Å². The minimum atomic E-state index is -0.218. The Morgan fingerprint density at radius 1 is 0.894 bits per heavy atom. The Morgan fingerprint density at radius 3 is 2.34 bits per heavy atom. The number of carbonyl (C=O) groups is 2. The maximum absolute atomic E-state index is 13.9. The summed E-state index contributed by atoms with van der Waals surface area (Å²) in [4.78, 5) is 34.5. The molecule has 1 amide bonds. The van der Waals surface area contributed by atoms with Crippen LogP contribution in [0.4, 0.5) is 4.39 Å². The Kier molecular flexibility index (Phi) is 12.0. The highest BCUT2D eigenvalue weighted by Crippen LogP contribution is 2.35. The molecule has 0 radical (unpaired) electrons. The average Bonchev–Trinajstić information content (AvgIpc) is 3.06. The third-order valence-electron chi connectivity index (χ3n) is 9.47. The minimum absolute atomic E-state index is 0.0322. The van der Waals surface area contributed by atoms with E-state index < -0.39 is 0 Å². The monoisotopic (exact) mass is 644 g/mol. The SMILES string of the molecule is CCOC(=O)CCCCN1CCN(C(=O)c2cccc(C(c3cccc(O)c3)N3C[C@@H](C)N(Cc4cccc(F)c4)C[C@H]3C)c2)CC1. The number of ether oxygens (including phenoxy) is 1. The molecule has 0 aromatic heterocycles. The molecular weight excluding hydrogens is 595 g/mol. The van der Waals surface area contributed by atoms with E-state index in [-0.39, 0.29) is 41.6 Å². The van der Waals surface area contributed by atoms with Crippen LogP contribution in [0.2, 0.25) is 0 Å². The number of rotatable bonds is 12. The van der Waals surface area contributed by atoms with Crippen LogP contribution in [-0.2, 0) is 16.1 Å². The molecule has 2 aliphatic rings. The van der Waals surface area contributed by atoms with Gasteiger partial charge in [0.1, 0.15) is 11.6 Å². The van der Waals surface area contributed by atoms with Gasteiger partial charge in [0, 0.05) is 69.9 Å². The number of aromatic hydroxyl groups is 1. The fraction of sp³-hybridized carbons (Fsp3) is 0.474. The standard InChI is InChI=1S/C38H49FN4O4/c1-4-47-36(45)16-5-6-17-40-18-20-41(21-19-40)38(46)33-13-8-11-31(23-33)37(32-12-9-15-35(44)24-32)43-26-28(2)42(25-29(43)3)27-30-10-7-14-34(39)22-30/h7-15,22-24,28-29,37,44H,4-6,16-21,25-27H2,1-3H3/t28-,29-,37?/m1/s1. The number of halogens is 1. The van der Waals surface area contributed by atoms with Crippen LogP contribution in [0.3, 0.4) is 0 Å². The van der Waals surface area contributed by atoms with Crippen molar-refractivity contribution in [2.24, 2.45) is 0 Å². The number of esters is 1. The summed E-state index contributed by atoms with van der Waals surface area (Å²) in [6, 6.07) is 22.4. The Morgan fingerprint density at radius 2 is 1.62 bits per heavy atom. The van der Waals surface area contributed by atoms with Crippen molar-refractivity contribution in [2.45, 2.75) is 64.7 Å². The molecule has 252 valence electrons. The highest BCUT2D eigenvalue weighted by Gasteiger charge is 2.35. The zero-order valence-corrected chi connectivity index (χ0v) is 28.0. The lowest BCUT2D eigenvalue weighted by Crippen LogP contribution is -2.56. The van der Waals surface area contributed by atoms with Gasteiger partial charge in [0.15, 0.2) is 0 Å². The molecule has 2 aliphatic heterocycles. The van der Waals surface area contributed by atoms with Gasteiger partial charge >= 0.3 is 5.97 Å². The van der Waals surface area contributed by atoms with Crippen molar-refractivity contribution >= 4 is 11.9 Å². The second kappa shape index (κ2) is 16.4. The molecule has 0 spiro atoms. The number of hydrogen-bond acceptors (Lipinski definition) is 7. The molecule has 5 rings (SSSR count). The van der Waals surface area contributed by atoms with Crippen LogP contribution < -0.4 is 0 Å². The third-order valence-corrected chi connectivity index (χ3v) is 9.47. The zero-order valence-electron chi connectivity index (χ0n) is 28.0. The van der Waals surface area contributed by atoms with Crippen LogP contribution in [0.15, 0.2) is 72.8 Å². The molecule has 1 N–H and O–H groups in total. The quantitative estimate of drug-likeness (QED) is 0.200. The topological polar surface area (TPSA) is 76.6 Å². The summed E-state index contributed by atoms with van der Waals surface area (Å²) in [6.07, 6.45) is 2.19. The fourth-order valence-electron chi connectivity index (χ4n) is 6.98. The summed E-state index contributed by atoms with van der Waals surface area (Å²) in [7, 11) is 0. The number of nitrogens with zero attached hydrogens (tertiary/aromatic N) is 4. The van der Waals surface area contributed by atoms with Gasteiger partial charge in [-0.05, 0) is 93.2 Å². The van der Waals surface area contributed by atoms with E-state index in [1.54, 1.807) is 18.2 Å². The van der Waals surface area contributed by atoms with Gasteiger partial charge in [-0.3, -0.25) is 24.3 Å². The highest BCUT2D eigenvalue weighted by molar-refractivity contribution is 5.94. The summed E-state index contributed by atoms with van der Waals surface area (Å²) in [5, 5.41) is 10.5. The van der Waals surface area contributed by atoms with Crippen LogP contribution in [-0.4, -0.2) is 101 Å². The lowest BCUT2D eigenvalue weighted by molar-refractivity contribution is -0.143. The lowest BCUT2D eigenvalue weighted by atomic mass is 9.92. The summed E-state index contributed by atoms with van der Waals surface area (Å²) < 4.78 is 18.9. The van der Waals surface area contributed by atoms with Gasteiger partial charge in [0.2, 0.25) is 0 Å². The predicted molar refractivity (Wildman–Crippen MR) is 182 cm³/mol. The van der Waals surface area contributed by atoms with Crippen LogP contribution in [0, 0.1) is 5.82 Å². The molecule has 2 saturated heterocycles. The van der Waals surface area contributed by atoms with Crippen LogP contribution in [0.25, 0.3) is 0 Å². The van der Waals surface area contributed by atoms with E-state index in [2.05, 4.69) is 34.6 Å². The summed E-state index contributed by atoms with van der Waals surface area (Å²) in [5.74, 6) is -0.109. The van der Waals surface area contributed by atoms with E-state index in [1.807, 2.05) is 54.3 Å².